The molecule has 1 aromatic carbocycles. The number of rotatable bonds is 8. The molecule has 1 aromatic rings. The summed E-state index contributed by atoms with van der Waals surface area (Å²) in [5.41, 5.74) is 0.739. The van der Waals surface area contributed by atoms with Crippen LogP contribution in [0.2, 0.25) is 0 Å². The van der Waals surface area contributed by atoms with E-state index in [1.165, 1.54) is 19.3 Å². The molecule has 0 aliphatic rings. The molecule has 0 saturated carbocycles. The van der Waals surface area contributed by atoms with Crippen molar-refractivity contribution in [2.75, 3.05) is 6.61 Å². The van der Waals surface area contributed by atoms with Crippen molar-refractivity contribution < 1.29 is 9.84 Å². The summed E-state index contributed by atoms with van der Waals surface area (Å²) in [5.74, 6) is 0.765. The fourth-order valence-corrected chi connectivity index (χ4v) is 1.73. The molecule has 0 aromatic heterocycles. The lowest BCUT2D eigenvalue weighted by Gasteiger charge is -2.10. The van der Waals surface area contributed by atoms with E-state index in [1.807, 2.05) is 30.3 Å². The lowest BCUT2D eigenvalue weighted by atomic mass is 10.1. The smallest absolute Gasteiger partial charge is 0.119 e. The second kappa shape index (κ2) is 8.54. The molecule has 0 bridgehead atoms. The summed E-state index contributed by atoms with van der Waals surface area (Å²) >= 11 is 0. The fourth-order valence-electron chi connectivity index (χ4n) is 1.73. The predicted octanol–water partition coefficient (Wildman–Crippen LogP) is 3.59. The van der Waals surface area contributed by atoms with E-state index in [-0.39, 0.29) is 6.42 Å². The number of nitriles is 1. The van der Waals surface area contributed by atoms with Crippen molar-refractivity contribution >= 4 is 0 Å². The van der Waals surface area contributed by atoms with Gasteiger partial charge in [0.25, 0.3) is 0 Å². The summed E-state index contributed by atoms with van der Waals surface area (Å²) < 4.78 is 5.63. The Kier molecular flexibility index (Phi) is 6.90. The minimum absolute atomic E-state index is 0.111. The van der Waals surface area contributed by atoms with Crippen molar-refractivity contribution in [1.82, 2.24) is 0 Å². The first-order chi connectivity index (χ1) is 8.77. The number of ether oxygens (including phenoxy) is 1. The maximum atomic E-state index is 9.71. The Morgan fingerprint density at radius 2 is 2.17 bits per heavy atom. The zero-order valence-corrected chi connectivity index (χ0v) is 10.9. The van der Waals surface area contributed by atoms with Gasteiger partial charge in [-0.1, -0.05) is 38.3 Å². The zero-order valence-electron chi connectivity index (χ0n) is 10.9. The summed E-state index contributed by atoms with van der Waals surface area (Å²) in [5, 5.41) is 18.3. The molecule has 0 amide bonds. The highest BCUT2D eigenvalue weighted by atomic mass is 16.5. The molecule has 0 heterocycles. The number of benzene rings is 1. The average Bonchev–Trinajstić information content (AvgIpc) is 2.39. The number of hydrogen-bond donors (Lipinski definition) is 1. The SMILES string of the molecule is CCCCCCOc1cccc(C(O)CC#N)c1. The molecule has 18 heavy (non-hydrogen) atoms. The van der Waals surface area contributed by atoms with Crippen LogP contribution in [-0.4, -0.2) is 11.7 Å². The topological polar surface area (TPSA) is 53.2 Å². The molecule has 0 saturated heterocycles. The first-order valence-electron chi connectivity index (χ1n) is 6.55. The molecule has 0 spiro atoms. The van der Waals surface area contributed by atoms with Gasteiger partial charge in [0.05, 0.1) is 25.2 Å². The van der Waals surface area contributed by atoms with E-state index < -0.39 is 6.10 Å². The third-order valence-corrected chi connectivity index (χ3v) is 2.79. The van der Waals surface area contributed by atoms with Crippen LogP contribution in [0.4, 0.5) is 0 Å². The monoisotopic (exact) mass is 247 g/mol. The van der Waals surface area contributed by atoms with Crippen molar-refractivity contribution in [2.45, 2.75) is 45.1 Å². The quantitative estimate of drug-likeness (QED) is 0.714. The Bertz CT molecular complexity index is 384. The van der Waals surface area contributed by atoms with Gasteiger partial charge in [0, 0.05) is 0 Å². The molecule has 1 N–H and O–H groups in total. The van der Waals surface area contributed by atoms with Crippen LogP contribution >= 0.6 is 0 Å². The van der Waals surface area contributed by atoms with E-state index in [2.05, 4.69) is 6.92 Å². The summed E-state index contributed by atoms with van der Waals surface area (Å²) in [6.07, 6.45) is 4.09. The molecule has 98 valence electrons. The Balaban J connectivity index is 2.42. The average molecular weight is 247 g/mol. The van der Waals surface area contributed by atoms with Gasteiger partial charge in [-0.3, -0.25) is 0 Å². The van der Waals surface area contributed by atoms with E-state index in [9.17, 15) is 5.11 Å². The van der Waals surface area contributed by atoms with Gasteiger partial charge in [-0.05, 0) is 24.1 Å². The summed E-state index contributed by atoms with van der Waals surface area (Å²) in [6.45, 7) is 2.89. The Morgan fingerprint density at radius 1 is 1.33 bits per heavy atom. The fraction of sp³-hybridized carbons (Fsp3) is 0.533. The first-order valence-corrected chi connectivity index (χ1v) is 6.55. The second-order valence-corrected chi connectivity index (χ2v) is 4.36. The normalized spacial score (nSPS) is 11.8. The van der Waals surface area contributed by atoms with Gasteiger partial charge in [0.2, 0.25) is 0 Å². The van der Waals surface area contributed by atoms with E-state index >= 15 is 0 Å². The van der Waals surface area contributed by atoms with E-state index in [0.717, 1.165) is 17.7 Å². The second-order valence-electron chi connectivity index (χ2n) is 4.36. The zero-order chi connectivity index (χ0) is 13.2. The molecule has 3 nitrogen and oxygen atoms in total. The summed E-state index contributed by atoms with van der Waals surface area (Å²) in [7, 11) is 0. The van der Waals surface area contributed by atoms with Crippen LogP contribution in [0.3, 0.4) is 0 Å². The van der Waals surface area contributed by atoms with Crippen LogP contribution in [0.1, 0.15) is 50.7 Å². The molecule has 0 radical (unpaired) electrons. The maximum Gasteiger partial charge on any atom is 0.119 e. The van der Waals surface area contributed by atoms with Crippen molar-refractivity contribution in [3.8, 4) is 11.8 Å². The Labute approximate surface area is 109 Å². The van der Waals surface area contributed by atoms with Gasteiger partial charge < -0.3 is 9.84 Å². The Morgan fingerprint density at radius 3 is 2.89 bits per heavy atom. The number of aliphatic hydroxyl groups is 1. The van der Waals surface area contributed by atoms with Gasteiger partial charge in [-0.25, -0.2) is 0 Å². The highest BCUT2D eigenvalue weighted by molar-refractivity contribution is 5.30. The van der Waals surface area contributed by atoms with Crippen LogP contribution < -0.4 is 4.74 Å². The molecular formula is C15H21NO2. The first kappa shape index (κ1) is 14.5. The molecule has 0 aliphatic heterocycles. The van der Waals surface area contributed by atoms with Gasteiger partial charge in [-0.2, -0.15) is 5.26 Å². The molecule has 0 fully saturated rings. The Hall–Kier alpha value is -1.53. The van der Waals surface area contributed by atoms with Gasteiger partial charge >= 0.3 is 0 Å². The van der Waals surface area contributed by atoms with Gasteiger partial charge in [0.1, 0.15) is 5.75 Å². The number of aliphatic hydroxyl groups excluding tert-OH is 1. The molecule has 1 unspecified atom stereocenters. The lowest BCUT2D eigenvalue weighted by Crippen LogP contribution is -2.00. The minimum Gasteiger partial charge on any atom is -0.494 e. The summed E-state index contributed by atoms with van der Waals surface area (Å²) in [6, 6.07) is 9.30. The van der Waals surface area contributed by atoms with Crippen LogP contribution in [0.5, 0.6) is 5.75 Å². The third-order valence-electron chi connectivity index (χ3n) is 2.79. The van der Waals surface area contributed by atoms with Crippen molar-refractivity contribution in [3.05, 3.63) is 29.8 Å². The molecule has 0 aliphatic carbocycles. The van der Waals surface area contributed by atoms with Crippen LogP contribution in [0, 0.1) is 11.3 Å². The molecule has 1 atom stereocenters. The number of nitrogens with zero attached hydrogens (tertiary/aromatic N) is 1. The number of hydrogen-bond acceptors (Lipinski definition) is 3. The van der Waals surface area contributed by atoms with Crippen LogP contribution in [-0.2, 0) is 0 Å². The van der Waals surface area contributed by atoms with Gasteiger partial charge in [-0.15, -0.1) is 0 Å². The van der Waals surface area contributed by atoms with Crippen molar-refractivity contribution in [3.63, 3.8) is 0 Å². The van der Waals surface area contributed by atoms with E-state index in [1.54, 1.807) is 0 Å². The van der Waals surface area contributed by atoms with Gasteiger partial charge in [0.15, 0.2) is 0 Å². The summed E-state index contributed by atoms with van der Waals surface area (Å²) in [4.78, 5) is 0. The maximum absolute atomic E-state index is 9.71. The highest BCUT2D eigenvalue weighted by Gasteiger charge is 2.07. The molecular weight excluding hydrogens is 226 g/mol. The van der Waals surface area contributed by atoms with E-state index in [0.29, 0.717) is 6.61 Å². The van der Waals surface area contributed by atoms with Crippen LogP contribution in [0.25, 0.3) is 0 Å². The van der Waals surface area contributed by atoms with Crippen molar-refractivity contribution in [2.24, 2.45) is 0 Å². The molecule has 1 rings (SSSR count). The van der Waals surface area contributed by atoms with E-state index in [4.69, 9.17) is 10.00 Å². The third kappa shape index (κ3) is 5.20. The minimum atomic E-state index is -0.723. The molecule has 3 heteroatoms. The number of unbranched alkanes of at least 4 members (excludes halogenated alkanes) is 3. The largest absolute Gasteiger partial charge is 0.494 e. The van der Waals surface area contributed by atoms with Crippen molar-refractivity contribution in [1.29, 1.82) is 5.26 Å². The predicted molar refractivity (Wildman–Crippen MR) is 71.3 cm³/mol. The highest BCUT2D eigenvalue weighted by Crippen LogP contribution is 2.21. The van der Waals surface area contributed by atoms with Crippen LogP contribution in [0.15, 0.2) is 24.3 Å². The lowest BCUT2D eigenvalue weighted by molar-refractivity contribution is 0.182. The standard InChI is InChI=1S/C15H21NO2/c1-2-3-4-5-11-18-14-8-6-7-13(12-14)15(17)9-10-16/h6-8,12,15,17H,2-5,9,11H2,1H3.